The average Bonchev–Trinajstić information content (AvgIpc) is 3.27. The summed E-state index contributed by atoms with van der Waals surface area (Å²) in [5.74, 6) is 1.21. The minimum absolute atomic E-state index is 0.101. The molecule has 6 nitrogen and oxygen atoms in total. The van der Waals surface area contributed by atoms with Crippen LogP contribution in [0.4, 0.5) is 5.69 Å². The molecule has 0 radical (unpaired) electrons. The van der Waals surface area contributed by atoms with E-state index in [4.69, 9.17) is 4.42 Å². The Kier molecular flexibility index (Phi) is 3.79. The van der Waals surface area contributed by atoms with Crippen LogP contribution >= 0.6 is 0 Å². The van der Waals surface area contributed by atoms with E-state index in [1.807, 2.05) is 48.5 Å². The molecule has 2 aromatic carbocycles. The van der Waals surface area contributed by atoms with E-state index in [0.29, 0.717) is 24.9 Å². The molecule has 136 valence electrons. The zero-order valence-electron chi connectivity index (χ0n) is 14.9. The van der Waals surface area contributed by atoms with Gasteiger partial charge in [0.15, 0.2) is 0 Å². The van der Waals surface area contributed by atoms with Gasteiger partial charge in [-0.15, -0.1) is 10.2 Å². The Morgan fingerprint density at radius 3 is 2.78 bits per heavy atom. The van der Waals surface area contributed by atoms with E-state index in [2.05, 4.69) is 26.5 Å². The highest BCUT2D eigenvalue weighted by molar-refractivity contribution is 6.06. The van der Waals surface area contributed by atoms with Crippen molar-refractivity contribution in [3.63, 3.8) is 0 Å². The van der Waals surface area contributed by atoms with Gasteiger partial charge in [-0.2, -0.15) is 0 Å². The summed E-state index contributed by atoms with van der Waals surface area (Å²) in [5.41, 5.74) is 2.48. The predicted molar refractivity (Wildman–Crippen MR) is 101 cm³/mol. The Morgan fingerprint density at radius 1 is 1.07 bits per heavy atom. The number of hydrogen-bond acceptors (Lipinski definition) is 5. The van der Waals surface area contributed by atoms with Crippen LogP contribution in [0.2, 0.25) is 0 Å². The number of aromatic nitrogens is 2. The number of hydrogen-bond donors (Lipinski definition) is 1. The molecule has 2 aliphatic heterocycles. The van der Waals surface area contributed by atoms with E-state index >= 15 is 0 Å². The molecule has 0 unspecified atom stereocenters. The summed E-state index contributed by atoms with van der Waals surface area (Å²) in [6.45, 7) is 2.14. The van der Waals surface area contributed by atoms with Gasteiger partial charge in [0.2, 0.25) is 17.7 Å². The van der Waals surface area contributed by atoms with E-state index in [1.165, 1.54) is 0 Å². The van der Waals surface area contributed by atoms with Gasteiger partial charge in [-0.05, 0) is 43.1 Å². The predicted octanol–water partition coefficient (Wildman–Crippen LogP) is 3.22. The smallest absolute Gasteiger partial charge is 0.247 e. The summed E-state index contributed by atoms with van der Waals surface area (Å²) in [6, 6.07) is 17.8. The van der Waals surface area contributed by atoms with Crippen molar-refractivity contribution >= 4 is 11.6 Å². The molecular formula is C21H20N4O2. The third kappa shape index (κ3) is 2.73. The number of rotatable bonds is 3. The summed E-state index contributed by atoms with van der Waals surface area (Å²) < 4.78 is 5.86. The van der Waals surface area contributed by atoms with Gasteiger partial charge in [0.05, 0.1) is 12.0 Å². The average molecular weight is 360 g/mol. The topological polar surface area (TPSA) is 71.3 Å². The molecule has 1 saturated heterocycles. The van der Waals surface area contributed by atoms with Crippen molar-refractivity contribution in [2.24, 2.45) is 0 Å². The van der Waals surface area contributed by atoms with E-state index in [1.54, 1.807) is 0 Å². The second-order valence-corrected chi connectivity index (χ2v) is 7.26. The molecular weight excluding hydrogens is 340 g/mol. The first-order chi connectivity index (χ1) is 13.2. The van der Waals surface area contributed by atoms with Gasteiger partial charge in [0, 0.05) is 17.8 Å². The maximum Gasteiger partial charge on any atom is 0.247 e. The van der Waals surface area contributed by atoms with Gasteiger partial charge in [0.25, 0.3) is 0 Å². The molecule has 0 aliphatic carbocycles. The maximum atomic E-state index is 12.8. The van der Waals surface area contributed by atoms with E-state index in [-0.39, 0.29) is 5.91 Å². The molecule has 3 heterocycles. The lowest BCUT2D eigenvalue weighted by Crippen LogP contribution is -2.49. The number of carbonyl (C=O) groups excluding carboxylic acids is 1. The number of piperidine rings is 1. The fourth-order valence-corrected chi connectivity index (χ4v) is 4.26. The molecule has 2 aliphatic rings. The van der Waals surface area contributed by atoms with Gasteiger partial charge >= 0.3 is 0 Å². The Hall–Kier alpha value is -2.99. The zero-order chi connectivity index (χ0) is 18.3. The zero-order valence-corrected chi connectivity index (χ0v) is 14.9. The van der Waals surface area contributed by atoms with Crippen molar-refractivity contribution in [2.75, 3.05) is 18.4 Å². The molecule has 6 heteroatoms. The van der Waals surface area contributed by atoms with Gasteiger partial charge < -0.3 is 9.73 Å². The van der Waals surface area contributed by atoms with Crippen LogP contribution in [0.5, 0.6) is 0 Å². The molecule has 1 spiro atoms. The van der Waals surface area contributed by atoms with Crippen molar-refractivity contribution in [1.29, 1.82) is 0 Å². The van der Waals surface area contributed by atoms with Crippen LogP contribution in [0.25, 0.3) is 11.5 Å². The highest BCUT2D eigenvalue weighted by Crippen LogP contribution is 2.43. The summed E-state index contributed by atoms with van der Waals surface area (Å²) in [7, 11) is 0. The van der Waals surface area contributed by atoms with Gasteiger partial charge in [0.1, 0.15) is 0 Å². The molecule has 1 atom stereocenters. The van der Waals surface area contributed by atoms with Crippen LogP contribution in [0, 0.1) is 0 Å². The van der Waals surface area contributed by atoms with Crippen LogP contribution in [0.15, 0.2) is 59.0 Å². The molecule has 0 saturated carbocycles. The highest BCUT2D eigenvalue weighted by atomic mass is 16.4. The van der Waals surface area contributed by atoms with Crippen LogP contribution in [-0.4, -0.2) is 34.1 Å². The number of fused-ring (bicyclic) bond motifs is 2. The summed E-state index contributed by atoms with van der Waals surface area (Å²) >= 11 is 0. The number of likely N-dealkylation sites (tertiary alicyclic amines) is 1. The Bertz CT molecular complexity index is 985. The number of anilines is 1. The number of amides is 1. The molecule has 1 N–H and O–H groups in total. The van der Waals surface area contributed by atoms with Crippen LogP contribution in [0.3, 0.4) is 0 Å². The van der Waals surface area contributed by atoms with Crippen molar-refractivity contribution in [3.8, 4) is 11.5 Å². The van der Waals surface area contributed by atoms with Crippen molar-refractivity contribution < 1.29 is 9.21 Å². The summed E-state index contributed by atoms with van der Waals surface area (Å²) in [4.78, 5) is 15.0. The number of nitrogens with one attached hydrogen (secondary N) is 1. The molecule has 5 rings (SSSR count). The third-order valence-corrected chi connectivity index (χ3v) is 5.54. The minimum Gasteiger partial charge on any atom is -0.419 e. The lowest BCUT2D eigenvalue weighted by molar-refractivity contribution is -0.123. The molecule has 0 bridgehead atoms. The Morgan fingerprint density at radius 2 is 1.89 bits per heavy atom. The number of carbonyl (C=O) groups is 1. The lowest BCUT2D eigenvalue weighted by Gasteiger charge is -2.38. The second-order valence-electron chi connectivity index (χ2n) is 7.26. The fraction of sp³-hybridized carbons (Fsp3) is 0.286. The van der Waals surface area contributed by atoms with Crippen LogP contribution in [0.1, 0.15) is 24.3 Å². The molecule has 27 heavy (non-hydrogen) atoms. The van der Waals surface area contributed by atoms with E-state index < -0.39 is 5.41 Å². The van der Waals surface area contributed by atoms with Gasteiger partial charge in [-0.25, -0.2) is 0 Å². The SMILES string of the molecule is O=C1Nc2ccccc2[C@@]12CCCN(Cc1nnc(-c3ccccc3)o1)C2. The van der Waals surface area contributed by atoms with Crippen molar-refractivity contribution in [3.05, 3.63) is 66.1 Å². The van der Waals surface area contributed by atoms with Gasteiger partial charge in [-0.3, -0.25) is 9.69 Å². The largest absolute Gasteiger partial charge is 0.419 e. The lowest BCUT2D eigenvalue weighted by atomic mass is 9.75. The normalized spacial score (nSPS) is 22.0. The standard InChI is InChI=1S/C21H20N4O2/c26-20-21(16-9-4-5-10-17(16)22-20)11-6-12-25(14-21)13-18-23-24-19(27-18)15-7-2-1-3-8-15/h1-5,7-10H,6,11-14H2,(H,22,26)/t21-/m0/s1. The maximum absolute atomic E-state index is 12.8. The van der Waals surface area contributed by atoms with Crippen LogP contribution < -0.4 is 5.32 Å². The molecule has 1 amide bonds. The summed E-state index contributed by atoms with van der Waals surface area (Å²) in [5, 5.41) is 11.4. The number of para-hydroxylation sites is 1. The molecule has 3 aromatic rings. The Balaban J connectivity index is 1.37. The fourth-order valence-electron chi connectivity index (χ4n) is 4.26. The minimum atomic E-state index is -0.475. The van der Waals surface area contributed by atoms with Crippen molar-refractivity contribution in [1.82, 2.24) is 15.1 Å². The first kappa shape index (κ1) is 16.2. The molecule has 1 fully saturated rings. The quantitative estimate of drug-likeness (QED) is 0.776. The highest BCUT2D eigenvalue weighted by Gasteiger charge is 2.49. The van der Waals surface area contributed by atoms with E-state index in [9.17, 15) is 4.79 Å². The second kappa shape index (κ2) is 6.32. The monoisotopic (exact) mass is 360 g/mol. The Labute approximate surface area is 157 Å². The van der Waals surface area contributed by atoms with E-state index in [0.717, 1.165) is 36.2 Å². The number of benzene rings is 2. The summed E-state index contributed by atoms with van der Waals surface area (Å²) in [6.07, 6.45) is 1.83. The van der Waals surface area contributed by atoms with Gasteiger partial charge in [-0.1, -0.05) is 36.4 Å². The molecule has 1 aromatic heterocycles. The first-order valence-electron chi connectivity index (χ1n) is 9.26. The van der Waals surface area contributed by atoms with Crippen molar-refractivity contribution in [2.45, 2.75) is 24.8 Å². The third-order valence-electron chi connectivity index (χ3n) is 5.54. The van der Waals surface area contributed by atoms with Crippen LogP contribution in [-0.2, 0) is 16.8 Å². The first-order valence-corrected chi connectivity index (χ1v) is 9.26. The number of nitrogens with zero attached hydrogens (tertiary/aromatic N) is 3.